The zero-order chi connectivity index (χ0) is 18.0. The van der Waals surface area contributed by atoms with Crippen LogP contribution in [0, 0.1) is 0 Å². The Labute approximate surface area is 167 Å². The van der Waals surface area contributed by atoms with Crippen molar-refractivity contribution in [1.29, 1.82) is 0 Å². The van der Waals surface area contributed by atoms with Gasteiger partial charge in [0.05, 0.1) is 0 Å². The van der Waals surface area contributed by atoms with Gasteiger partial charge in [0, 0.05) is 21.5 Å². The molecule has 27 heavy (non-hydrogen) atoms. The molecule has 0 fully saturated rings. The van der Waals surface area contributed by atoms with Crippen LogP contribution in [0.2, 0.25) is 0 Å². The molecule has 0 N–H and O–H groups in total. The number of hydrogen-bond donors (Lipinski definition) is 0. The summed E-state index contributed by atoms with van der Waals surface area (Å²) in [4.78, 5) is 2.41. The Bertz CT molecular complexity index is 1200. The van der Waals surface area contributed by atoms with Crippen LogP contribution in [-0.2, 0) is 0 Å². The van der Waals surface area contributed by atoms with Crippen LogP contribution in [0.3, 0.4) is 0 Å². The van der Waals surface area contributed by atoms with Gasteiger partial charge < -0.3 is 4.90 Å². The Balaban J connectivity index is 1.74. The van der Waals surface area contributed by atoms with Crippen LogP contribution in [-0.4, -0.2) is 6.71 Å². The summed E-state index contributed by atoms with van der Waals surface area (Å²) >= 11 is 3.81. The summed E-state index contributed by atoms with van der Waals surface area (Å²) in [6.45, 7) is 0.292. The molecule has 0 aliphatic carbocycles. The maximum absolute atomic E-state index is 3.81. The summed E-state index contributed by atoms with van der Waals surface area (Å²) in [6.07, 6.45) is 0. The lowest BCUT2D eigenvalue weighted by molar-refractivity contribution is 1.30. The first kappa shape index (κ1) is 15.3. The third kappa shape index (κ3) is 2.01. The number of benzene rings is 4. The highest BCUT2D eigenvalue weighted by molar-refractivity contribution is 9.10. The van der Waals surface area contributed by atoms with Crippen LogP contribution in [0.1, 0.15) is 0 Å². The van der Waals surface area contributed by atoms with Crippen molar-refractivity contribution < 1.29 is 0 Å². The Morgan fingerprint density at radius 1 is 0.630 bits per heavy atom. The van der Waals surface area contributed by atoms with Crippen molar-refractivity contribution in [2.45, 2.75) is 0 Å². The normalized spacial score (nSPS) is 13.2. The molecule has 4 aromatic carbocycles. The van der Waals surface area contributed by atoms with E-state index in [-0.39, 0.29) is 0 Å². The van der Waals surface area contributed by atoms with Crippen molar-refractivity contribution in [2.75, 3.05) is 4.90 Å². The molecule has 1 nitrogen and oxygen atoms in total. The van der Waals surface area contributed by atoms with E-state index < -0.39 is 0 Å². The molecule has 2 aliphatic rings. The zero-order valence-corrected chi connectivity index (χ0v) is 16.1. The zero-order valence-electron chi connectivity index (χ0n) is 14.6. The first-order chi connectivity index (χ1) is 13.3. The molecule has 0 aromatic heterocycles. The molecule has 2 aliphatic heterocycles. The summed E-state index contributed by atoms with van der Waals surface area (Å²) in [5, 5.41) is 0. The van der Waals surface area contributed by atoms with Crippen LogP contribution in [0.5, 0.6) is 0 Å². The lowest BCUT2D eigenvalue weighted by Crippen LogP contribution is -2.54. The largest absolute Gasteiger partial charge is 0.312 e. The van der Waals surface area contributed by atoms with E-state index in [9.17, 15) is 0 Å². The Morgan fingerprint density at radius 3 is 2.22 bits per heavy atom. The lowest BCUT2D eigenvalue weighted by Gasteiger charge is -2.35. The molecule has 0 atom stereocenters. The second kappa shape index (κ2) is 5.61. The summed E-state index contributed by atoms with van der Waals surface area (Å²) in [5.41, 5.74) is 10.6. The highest BCUT2D eigenvalue weighted by Crippen LogP contribution is 2.41. The van der Waals surface area contributed by atoms with Gasteiger partial charge in [0.25, 0.3) is 0 Å². The molecule has 0 amide bonds. The number of anilines is 3. The first-order valence-corrected chi connectivity index (χ1v) is 9.99. The average molecular weight is 408 g/mol. The summed E-state index contributed by atoms with van der Waals surface area (Å²) < 4.78 is 1.17. The molecule has 0 spiro atoms. The standard InChI is InChI=1S/C24H15BBrN/c26-20-13-7-12-19-23(20)17-10-6-15-22-24(17)25(19)18-11-4-5-14-21(18)27(22)16-8-2-1-3-9-16/h1-15H. The van der Waals surface area contributed by atoms with Crippen molar-refractivity contribution in [3.8, 4) is 11.1 Å². The van der Waals surface area contributed by atoms with E-state index in [2.05, 4.69) is 112 Å². The highest BCUT2D eigenvalue weighted by atomic mass is 79.9. The number of fused-ring (bicyclic) bond motifs is 5. The monoisotopic (exact) mass is 407 g/mol. The molecule has 6 rings (SSSR count). The molecule has 0 radical (unpaired) electrons. The van der Waals surface area contributed by atoms with Gasteiger partial charge in [-0.15, -0.1) is 0 Å². The van der Waals surface area contributed by atoms with E-state index in [0.29, 0.717) is 6.71 Å². The van der Waals surface area contributed by atoms with Crippen LogP contribution in [0.25, 0.3) is 11.1 Å². The number of nitrogens with zero attached hydrogens (tertiary/aromatic N) is 1. The van der Waals surface area contributed by atoms with Crippen molar-refractivity contribution in [2.24, 2.45) is 0 Å². The van der Waals surface area contributed by atoms with Gasteiger partial charge in [-0.25, -0.2) is 0 Å². The smallest absolute Gasteiger partial charge is 0.248 e. The lowest BCUT2D eigenvalue weighted by atomic mass is 9.37. The number of halogens is 1. The number of rotatable bonds is 1. The minimum atomic E-state index is 0.292. The van der Waals surface area contributed by atoms with E-state index >= 15 is 0 Å². The fourth-order valence-electron chi connectivity index (χ4n) is 4.73. The topological polar surface area (TPSA) is 3.24 Å². The second-order valence-corrected chi connectivity index (χ2v) is 7.96. The Kier molecular flexibility index (Phi) is 3.18. The van der Waals surface area contributed by atoms with Gasteiger partial charge in [0.15, 0.2) is 0 Å². The van der Waals surface area contributed by atoms with Crippen LogP contribution in [0.15, 0.2) is 95.5 Å². The van der Waals surface area contributed by atoms with Gasteiger partial charge in [-0.1, -0.05) is 82.1 Å². The summed E-state index contributed by atoms with van der Waals surface area (Å²) in [7, 11) is 0. The highest BCUT2D eigenvalue weighted by Gasteiger charge is 2.42. The molecule has 4 aromatic rings. The van der Waals surface area contributed by atoms with E-state index in [1.807, 2.05) is 0 Å². The van der Waals surface area contributed by atoms with E-state index in [4.69, 9.17) is 0 Å². The third-order valence-corrected chi connectivity index (χ3v) is 6.40. The van der Waals surface area contributed by atoms with Crippen LogP contribution < -0.4 is 21.3 Å². The average Bonchev–Trinajstić information content (AvgIpc) is 3.06. The van der Waals surface area contributed by atoms with Gasteiger partial charge >= 0.3 is 0 Å². The molecule has 0 unspecified atom stereocenters. The van der Waals surface area contributed by atoms with E-state index in [1.165, 1.54) is 49.1 Å². The maximum atomic E-state index is 3.81. The fourth-order valence-corrected chi connectivity index (χ4v) is 5.33. The van der Waals surface area contributed by atoms with E-state index in [0.717, 1.165) is 0 Å². The van der Waals surface area contributed by atoms with Crippen LogP contribution >= 0.6 is 15.9 Å². The molecule has 0 saturated heterocycles. The molecular formula is C24H15BBrN. The molecule has 0 bridgehead atoms. The quantitative estimate of drug-likeness (QED) is 0.356. The molecule has 2 heterocycles. The fraction of sp³-hybridized carbons (Fsp3) is 0. The minimum absolute atomic E-state index is 0.292. The van der Waals surface area contributed by atoms with Gasteiger partial charge in [-0.05, 0) is 52.4 Å². The molecule has 3 heteroatoms. The SMILES string of the molecule is Brc1cccc2c1-c1cccc3c1B2c1ccccc1N3c1ccccc1. The predicted molar refractivity (Wildman–Crippen MR) is 119 cm³/mol. The third-order valence-electron chi connectivity index (χ3n) is 5.74. The predicted octanol–water partition coefficient (Wildman–Crippen LogP) is 4.73. The molecular weight excluding hydrogens is 393 g/mol. The van der Waals surface area contributed by atoms with Gasteiger partial charge in [-0.2, -0.15) is 0 Å². The summed E-state index contributed by atoms with van der Waals surface area (Å²) in [6, 6.07) is 32.8. The van der Waals surface area contributed by atoms with Crippen molar-refractivity contribution in [3.05, 3.63) is 95.5 Å². The maximum Gasteiger partial charge on any atom is 0.248 e. The van der Waals surface area contributed by atoms with Crippen LogP contribution in [0.4, 0.5) is 17.1 Å². The Morgan fingerprint density at radius 2 is 1.33 bits per heavy atom. The second-order valence-electron chi connectivity index (χ2n) is 7.11. The first-order valence-electron chi connectivity index (χ1n) is 9.20. The van der Waals surface area contributed by atoms with Gasteiger partial charge in [0.1, 0.15) is 0 Å². The van der Waals surface area contributed by atoms with Gasteiger partial charge in [0.2, 0.25) is 6.71 Å². The van der Waals surface area contributed by atoms with Gasteiger partial charge in [-0.3, -0.25) is 0 Å². The summed E-state index contributed by atoms with van der Waals surface area (Å²) in [5.74, 6) is 0. The minimum Gasteiger partial charge on any atom is -0.312 e. The number of hydrogen-bond acceptors (Lipinski definition) is 1. The van der Waals surface area contributed by atoms with Crippen molar-refractivity contribution >= 4 is 56.1 Å². The van der Waals surface area contributed by atoms with E-state index in [1.54, 1.807) is 0 Å². The Hall–Kier alpha value is -2.78. The molecule has 0 saturated carbocycles. The van der Waals surface area contributed by atoms with Crippen molar-refractivity contribution in [3.63, 3.8) is 0 Å². The van der Waals surface area contributed by atoms with Crippen molar-refractivity contribution in [1.82, 2.24) is 0 Å². The molecule has 126 valence electrons. The number of para-hydroxylation sites is 2.